The Balaban J connectivity index is 2.65. The highest BCUT2D eigenvalue weighted by Crippen LogP contribution is 2.46. The number of allylic oxidation sites excluding steroid dienone is 1. The number of rotatable bonds is 6. The number of hydrogen-bond donors (Lipinski definition) is 2. The Bertz CT molecular complexity index is 956. The maximum atomic E-state index is 12.8. The second-order valence-electron chi connectivity index (χ2n) is 10.3. The van der Waals surface area contributed by atoms with Crippen LogP contribution in [-0.4, -0.2) is 24.0 Å². The topological polar surface area (TPSA) is 58.6 Å². The number of carbonyl (C=O) groups excluding carboxylic acids is 1. The Morgan fingerprint density at radius 3 is 2.06 bits per heavy atom. The third kappa shape index (κ3) is 5.90. The maximum absolute atomic E-state index is 12.8. The molecule has 0 aliphatic rings. The van der Waals surface area contributed by atoms with Crippen molar-refractivity contribution in [1.82, 2.24) is 0 Å². The van der Waals surface area contributed by atoms with Gasteiger partial charge < -0.3 is 15.2 Å². The molecule has 0 saturated carbocycles. The van der Waals surface area contributed by atoms with E-state index in [0.29, 0.717) is 11.3 Å². The van der Waals surface area contributed by atoms with E-state index >= 15 is 0 Å². The lowest BCUT2D eigenvalue weighted by Crippen LogP contribution is -2.21. The van der Waals surface area contributed by atoms with Crippen LogP contribution in [0.15, 0.2) is 36.4 Å². The molecule has 0 bridgehead atoms. The van der Waals surface area contributed by atoms with Crippen LogP contribution >= 0.6 is 0 Å². The van der Waals surface area contributed by atoms with Crippen LogP contribution < -0.4 is 10.1 Å². The van der Waals surface area contributed by atoms with Crippen LogP contribution in [0.3, 0.4) is 0 Å². The fraction of sp³-hybridized carbons (Fsp3) is 0.444. The van der Waals surface area contributed by atoms with E-state index in [1.165, 1.54) is 0 Å². The van der Waals surface area contributed by atoms with E-state index in [1.807, 2.05) is 51.2 Å². The van der Waals surface area contributed by atoms with Crippen molar-refractivity contribution in [2.24, 2.45) is 0 Å². The summed E-state index contributed by atoms with van der Waals surface area (Å²) in [6, 6.07) is 9.31. The number of anilines is 1. The van der Waals surface area contributed by atoms with E-state index in [0.717, 1.165) is 22.4 Å². The molecule has 0 aromatic heterocycles. The van der Waals surface area contributed by atoms with E-state index in [4.69, 9.17) is 4.74 Å². The van der Waals surface area contributed by atoms with Gasteiger partial charge in [-0.15, -0.1) is 0 Å². The summed E-state index contributed by atoms with van der Waals surface area (Å²) in [6.07, 6.45) is 3.31. The molecular formula is C27H37NO3. The summed E-state index contributed by atoms with van der Waals surface area (Å²) in [4.78, 5) is 12.8. The summed E-state index contributed by atoms with van der Waals surface area (Å²) in [6.45, 7) is 16.3. The fourth-order valence-corrected chi connectivity index (χ4v) is 3.49. The second-order valence-corrected chi connectivity index (χ2v) is 10.3. The van der Waals surface area contributed by atoms with Gasteiger partial charge in [-0.3, -0.25) is 4.79 Å². The average molecular weight is 424 g/mol. The molecule has 0 heterocycles. The van der Waals surface area contributed by atoms with Gasteiger partial charge in [-0.1, -0.05) is 41.5 Å². The molecule has 0 spiro atoms. The number of ether oxygens (including phenoxy) is 1. The van der Waals surface area contributed by atoms with E-state index < -0.39 is 0 Å². The Morgan fingerprint density at radius 1 is 1.03 bits per heavy atom. The number of nitrogens with one attached hydrogen (secondary N) is 1. The van der Waals surface area contributed by atoms with Crippen LogP contribution in [0.2, 0.25) is 0 Å². The highest BCUT2D eigenvalue weighted by atomic mass is 16.5. The van der Waals surface area contributed by atoms with Crippen LogP contribution in [0.1, 0.15) is 82.4 Å². The third-order valence-corrected chi connectivity index (χ3v) is 5.06. The number of ketones is 1. The molecule has 2 aromatic rings. The van der Waals surface area contributed by atoms with Crippen molar-refractivity contribution in [1.29, 1.82) is 0 Å². The summed E-state index contributed by atoms with van der Waals surface area (Å²) in [5, 5.41) is 14.3. The van der Waals surface area contributed by atoms with E-state index in [1.54, 1.807) is 12.2 Å². The van der Waals surface area contributed by atoms with Crippen molar-refractivity contribution in [3.8, 4) is 11.5 Å². The zero-order valence-electron chi connectivity index (χ0n) is 20.4. The first-order valence-corrected chi connectivity index (χ1v) is 10.8. The molecule has 2 N–H and O–H groups in total. The Morgan fingerprint density at radius 2 is 1.61 bits per heavy atom. The largest absolute Gasteiger partial charge is 0.507 e. The van der Waals surface area contributed by atoms with Gasteiger partial charge in [0.15, 0.2) is 5.78 Å². The van der Waals surface area contributed by atoms with E-state index in [-0.39, 0.29) is 28.5 Å². The van der Waals surface area contributed by atoms with Gasteiger partial charge in [0.25, 0.3) is 0 Å². The standard InChI is InChI=1S/C27H37NO3/c1-17(2)31-25-19(12-15-22(29)18-10-13-20(28-9)14-11-18)16-21(26(3,4)5)24(30)23(25)27(6,7)8/h10-17,28,30H,1-9H3/b15-12+. The Kier molecular flexibility index (Phi) is 7.25. The van der Waals surface area contributed by atoms with E-state index in [9.17, 15) is 9.90 Å². The molecule has 0 aliphatic carbocycles. The molecule has 4 nitrogen and oxygen atoms in total. The minimum atomic E-state index is -0.342. The average Bonchev–Trinajstić information content (AvgIpc) is 2.64. The molecule has 0 aliphatic heterocycles. The molecule has 0 radical (unpaired) electrons. The molecule has 2 aromatic carbocycles. The van der Waals surface area contributed by atoms with Crippen LogP contribution in [-0.2, 0) is 10.8 Å². The minimum absolute atomic E-state index is 0.0714. The van der Waals surface area contributed by atoms with Crippen molar-refractivity contribution in [2.75, 3.05) is 12.4 Å². The lowest BCUT2D eigenvalue weighted by atomic mass is 9.77. The monoisotopic (exact) mass is 423 g/mol. The normalized spacial score (nSPS) is 12.5. The lowest BCUT2D eigenvalue weighted by molar-refractivity contribution is 0.104. The smallest absolute Gasteiger partial charge is 0.185 e. The SMILES string of the molecule is CNc1ccc(C(=O)/C=C/c2cc(C(C)(C)C)c(O)c(C(C)(C)C)c2OC(C)C)cc1. The molecule has 31 heavy (non-hydrogen) atoms. The summed E-state index contributed by atoms with van der Waals surface area (Å²) in [5.74, 6) is 0.810. The van der Waals surface area contributed by atoms with Crippen molar-refractivity contribution >= 4 is 17.5 Å². The number of phenols is 1. The molecule has 168 valence electrons. The van der Waals surface area contributed by atoms with Crippen molar-refractivity contribution in [3.05, 3.63) is 58.7 Å². The highest BCUT2D eigenvalue weighted by Gasteiger charge is 2.31. The van der Waals surface area contributed by atoms with Gasteiger partial charge in [0, 0.05) is 35.0 Å². The predicted octanol–water partition coefficient (Wildman–Crippen LogP) is 6.71. The highest BCUT2D eigenvalue weighted by molar-refractivity contribution is 6.07. The molecule has 4 heteroatoms. The minimum Gasteiger partial charge on any atom is -0.507 e. The van der Waals surface area contributed by atoms with Crippen LogP contribution in [0.25, 0.3) is 6.08 Å². The van der Waals surface area contributed by atoms with E-state index in [2.05, 4.69) is 46.9 Å². The molecular weight excluding hydrogens is 386 g/mol. The summed E-state index contributed by atoms with van der Waals surface area (Å²) in [7, 11) is 1.84. The fourth-order valence-electron chi connectivity index (χ4n) is 3.49. The lowest BCUT2D eigenvalue weighted by Gasteiger charge is -2.31. The zero-order chi connectivity index (χ0) is 23.6. The van der Waals surface area contributed by atoms with Gasteiger partial charge in [0.05, 0.1) is 6.10 Å². The number of hydrogen-bond acceptors (Lipinski definition) is 4. The Hall–Kier alpha value is -2.75. The predicted molar refractivity (Wildman–Crippen MR) is 131 cm³/mol. The van der Waals surface area contributed by atoms with Crippen LogP contribution in [0.5, 0.6) is 11.5 Å². The summed E-state index contributed by atoms with van der Waals surface area (Å²) < 4.78 is 6.19. The number of phenolic OH excluding ortho intramolecular Hbond substituents is 1. The molecule has 0 amide bonds. The maximum Gasteiger partial charge on any atom is 0.185 e. The van der Waals surface area contributed by atoms with Crippen LogP contribution in [0.4, 0.5) is 5.69 Å². The number of carbonyl (C=O) groups is 1. The molecule has 0 atom stereocenters. The Labute approximate surface area is 187 Å². The number of benzene rings is 2. The van der Waals surface area contributed by atoms with Gasteiger partial charge in [0.1, 0.15) is 11.5 Å². The van der Waals surface area contributed by atoms with Crippen LogP contribution in [0, 0.1) is 0 Å². The van der Waals surface area contributed by atoms with Gasteiger partial charge in [-0.05, 0) is 67.2 Å². The summed E-state index contributed by atoms with van der Waals surface area (Å²) >= 11 is 0. The van der Waals surface area contributed by atoms with Gasteiger partial charge in [-0.2, -0.15) is 0 Å². The molecule has 0 unspecified atom stereocenters. The summed E-state index contributed by atoms with van der Waals surface area (Å²) in [5.41, 5.74) is 3.35. The quantitative estimate of drug-likeness (QED) is 0.400. The second kappa shape index (κ2) is 9.17. The van der Waals surface area contributed by atoms with Gasteiger partial charge >= 0.3 is 0 Å². The molecule has 0 saturated heterocycles. The first kappa shape index (κ1) is 24.5. The molecule has 2 rings (SSSR count). The van der Waals surface area contributed by atoms with Gasteiger partial charge in [-0.25, -0.2) is 0 Å². The third-order valence-electron chi connectivity index (χ3n) is 5.06. The first-order valence-electron chi connectivity index (χ1n) is 10.8. The molecule has 0 fully saturated rings. The van der Waals surface area contributed by atoms with Crippen molar-refractivity contribution < 1.29 is 14.6 Å². The zero-order valence-corrected chi connectivity index (χ0v) is 20.4. The van der Waals surface area contributed by atoms with Gasteiger partial charge in [0.2, 0.25) is 0 Å². The van der Waals surface area contributed by atoms with Crippen molar-refractivity contribution in [2.45, 2.75) is 72.3 Å². The van der Waals surface area contributed by atoms with Crippen molar-refractivity contribution in [3.63, 3.8) is 0 Å². The number of aromatic hydroxyl groups is 1. The first-order chi connectivity index (χ1) is 14.3.